The highest BCUT2D eigenvalue weighted by Crippen LogP contribution is 2.41. The Morgan fingerprint density at radius 1 is 0.917 bits per heavy atom. The van der Waals surface area contributed by atoms with E-state index in [4.69, 9.17) is 18.9 Å². The number of ether oxygens (including phenoxy) is 4. The Bertz CT molecular complexity index is 1190. The third-order valence-corrected chi connectivity index (χ3v) is 6.13. The Kier molecular flexibility index (Phi) is 9.50. The van der Waals surface area contributed by atoms with Crippen LogP contribution in [0.5, 0.6) is 17.2 Å². The molecule has 0 amide bonds. The molecule has 9 nitrogen and oxygen atoms in total. The Balaban J connectivity index is 0.00000361. The van der Waals surface area contributed by atoms with Crippen LogP contribution >= 0.6 is 0 Å². The number of aliphatic hydroxyl groups is 4. The first-order valence-electron chi connectivity index (χ1n) is 11.2. The molecule has 0 unspecified atom stereocenters. The average molecular weight is 611 g/mol. The normalized spacial score (nSPS) is 23.9. The highest BCUT2D eigenvalue weighted by atomic mass is 127. The van der Waals surface area contributed by atoms with E-state index >= 15 is 0 Å². The molecule has 1 fully saturated rings. The maximum absolute atomic E-state index is 10.3. The molecule has 0 radical (unpaired) electrons. The minimum Gasteiger partial charge on any atom is -1.00 e. The van der Waals surface area contributed by atoms with Gasteiger partial charge in [0.25, 0.3) is 0 Å². The van der Waals surface area contributed by atoms with Gasteiger partial charge >= 0.3 is 0 Å². The summed E-state index contributed by atoms with van der Waals surface area (Å²) in [5.74, 6) is 0.764. The van der Waals surface area contributed by atoms with Crippen molar-refractivity contribution in [3.05, 3.63) is 59.8 Å². The van der Waals surface area contributed by atoms with E-state index in [0.29, 0.717) is 11.5 Å². The molecular weight excluding hydrogens is 581 g/mol. The van der Waals surface area contributed by atoms with Gasteiger partial charge in [0.05, 0.1) is 20.8 Å². The van der Waals surface area contributed by atoms with Gasteiger partial charge in [0.1, 0.15) is 31.5 Å². The van der Waals surface area contributed by atoms with Crippen molar-refractivity contribution in [2.24, 2.45) is 7.05 Å². The fourth-order valence-electron chi connectivity index (χ4n) is 4.10. The zero-order valence-electron chi connectivity index (χ0n) is 20.1. The quantitative estimate of drug-likeness (QED) is 0.180. The fraction of sp³-hybridized carbons (Fsp3) is 0.346. The van der Waals surface area contributed by atoms with Crippen molar-refractivity contribution in [2.45, 2.75) is 30.7 Å². The van der Waals surface area contributed by atoms with E-state index in [9.17, 15) is 20.4 Å². The van der Waals surface area contributed by atoms with Crippen LogP contribution in [0.3, 0.4) is 0 Å². The van der Waals surface area contributed by atoms with E-state index in [1.54, 1.807) is 12.1 Å². The van der Waals surface area contributed by atoms with E-state index in [0.717, 1.165) is 22.2 Å². The summed E-state index contributed by atoms with van der Waals surface area (Å²) in [5, 5.41) is 41.0. The van der Waals surface area contributed by atoms with Crippen LogP contribution in [0.15, 0.2) is 48.5 Å². The molecule has 0 aliphatic carbocycles. The monoisotopic (exact) mass is 611 g/mol. The second-order valence-corrected chi connectivity index (χ2v) is 8.28. The Labute approximate surface area is 226 Å². The number of pyridine rings is 1. The summed E-state index contributed by atoms with van der Waals surface area (Å²) >= 11 is 0. The van der Waals surface area contributed by atoms with Gasteiger partial charge in [-0.05, 0) is 35.9 Å². The first-order valence-corrected chi connectivity index (χ1v) is 11.2. The number of aliphatic hydroxyl groups excluding tert-OH is 4. The van der Waals surface area contributed by atoms with Crippen molar-refractivity contribution < 1.29 is 67.9 Å². The summed E-state index contributed by atoms with van der Waals surface area (Å²) in [6.45, 7) is -0.561. The van der Waals surface area contributed by atoms with E-state index in [2.05, 4.69) is 22.8 Å². The van der Waals surface area contributed by atoms with Crippen LogP contribution in [-0.2, 0) is 11.8 Å². The average Bonchev–Trinajstić information content (AvgIpc) is 2.88. The standard InChI is InChI=1S/C26H30NO8.HI/c1-27-17(11-9-16-6-4-5-7-18(16)27)10-8-15-12-19(32-2)25(20(13-15)33-3)35-26-24(31)23(30)22(29)21(14-28)34-26;/h4-13,21-24,26,28-31H,14H2,1-3H3;1H/q+1;/p-1/t21-,22+,23+,24-,26+;/m1./s1. The number of rotatable bonds is 7. The van der Waals surface area contributed by atoms with Gasteiger partial charge in [-0.1, -0.05) is 12.1 Å². The molecule has 0 saturated carbocycles. The lowest BCUT2D eigenvalue weighted by Crippen LogP contribution is -3.00. The number of para-hydroxylation sites is 1. The van der Waals surface area contributed by atoms with Crippen LogP contribution in [0.2, 0.25) is 0 Å². The lowest BCUT2D eigenvalue weighted by atomic mass is 9.99. The van der Waals surface area contributed by atoms with Gasteiger partial charge in [-0.2, -0.15) is 4.57 Å². The van der Waals surface area contributed by atoms with Crippen LogP contribution in [0.1, 0.15) is 11.3 Å². The van der Waals surface area contributed by atoms with Gasteiger partial charge in [-0.25, -0.2) is 0 Å². The molecule has 5 atom stereocenters. The van der Waals surface area contributed by atoms with Gasteiger partial charge in [0.15, 0.2) is 11.5 Å². The molecule has 1 aromatic heterocycles. The van der Waals surface area contributed by atoms with Crippen molar-refractivity contribution in [2.75, 3.05) is 20.8 Å². The number of hydrogen-bond acceptors (Lipinski definition) is 8. The van der Waals surface area contributed by atoms with Crippen LogP contribution in [0, 0.1) is 0 Å². The van der Waals surface area contributed by atoms with E-state index in [1.165, 1.54) is 14.2 Å². The maximum Gasteiger partial charge on any atom is 0.229 e. The third kappa shape index (κ3) is 5.58. The second-order valence-electron chi connectivity index (χ2n) is 8.28. The molecular formula is C26H30INO8. The fourth-order valence-corrected chi connectivity index (χ4v) is 4.10. The maximum atomic E-state index is 10.3. The smallest absolute Gasteiger partial charge is 0.229 e. The van der Waals surface area contributed by atoms with E-state index in [1.807, 2.05) is 37.4 Å². The number of methoxy groups -OCH3 is 2. The lowest BCUT2D eigenvalue weighted by molar-refractivity contribution is -0.646. The third-order valence-electron chi connectivity index (χ3n) is 6.13. The van der Waals surface area contributed by atoms with Crippen molar-refractivity contribution in [1.29, 1.82) is 0 Å². The van der Waals surface area contributed by atoms with Crippen LogP contribution in [0.4, 0.5) is 0 Å². The molecule has 2 heterocycles. The zero-order valence-corrected chi connectivity index (χ0v) is 22.3. The molecule has 10 heteroatoms. The molecule has 0 bridgehead atoms. The molecule has 2 aromatic carbocycles. The summed E-state index contributed by atoms with van der Waals surface area (Å²) in [6.07, 6.45) is -3.19. The predicted molar refractivity (Wildman–Crippen MR) is 128 cm³/mol. The molecule has 194 valence electrons. The van der Waals surface area contributed by atoms with Gasteiger partial charge < -0.3 is 63.4 Å². The first-order chi connectivity index (χ1) is 16.9. The molecule has 1 saturated heterocycles. The molecule has 4 rings (SSSR count). The molecule has 3 aromatic rings. The van der Waals surface area contributed by atoms with Crippen LogP contribution < -0.4 is 42.8 Å². The van der Waals surface area contributed by atoms with Gasteiger partial charge in [0.2, 0.25) is 23.3 Å². The Morgan fingerprint density at radius 2 is 1.58 bits per heavy atom. The molecule has 0 spiro atoms. The minimum atomic E-state index is -1.56. The SMILES string of the molecule is COc1cc(C=Cc2ccc3ccccc3[n+]2C)cc(OC)c1O[C@@H]1O[C@H](CO)[C@H](O)[C@H](O)[C@H]1O.[I-]. The van der Waals surface area contributed by atoms with E-state index < -0.39 is 37.3 Å². The summed E-state index contributed by atoms with van der Waals surface area (Å²) in [7, 11) is 4.93. The van der Waals surface area contributed by atoms with Crippen LogP contribution in [-0.4, -0.2) is 72.0 Å². The second kappa shape index (κ2) is 12.2. The Morgan fingerprint density at radius 3 is 2.22 bits per heavy atom. The topological polar surface area (TPSA) is 122 Å². The van der Waals surface area contributed by atoms with Crippen molar-refractivity contribution in [1.82, 2.24) is 0 Å². The number of benzene rings is 2. The summed E-state index contributed by atoms with van der Waals surface area (Å²) < 4.78 is 24.4. The number of nitrogens with zero attached hydrogens (tertiary/aromatic N) is 1. The minimum absolute atomic E-state index is 0. The van der Waals surface area contributed by atoms with Gasteiger partial charge in [0, 0.05) is 23.6 Å². The predicted octanol–water partition coefficient (Wildman–Crippen LogP) is -1.97. The van der Waals surface area contributed by atoms with Crippen molar-refractivity contribution >= 4 is 23.1 Å². The van der Waals surface area contributed by atoms with Gasteiger partial charge in [-0.15, -0.1) is 0 Å². The number of fused-ring (bicyclic) bond motifs is 1. The molecule has 1 aliphatic rings. The first kappa shape index (κ1) is 28.1. The lowest BCUT2D eigenvalue weighted by Gasteiger charge is -2.39. The molecule has 1 aliphatic heterocycles. The van der Waals surface area contributed by atoms with Crippen molar-refractivity contribution in [3.63, 3.8) is 0 Å². The van der Waals surface area contributed by atoms with Crippen molar-refractivity contribution in [3.8, 4) is 17.2 Å². The highest BCUT2D eigenvalue weighted by molar-refractivity contribution is 5.77. The number of aromatic nitrogens is 1. The Hall–Kier alpha value is -2.48. The highest BCUT2D eigenvalue weighted by Gasteiger charge is 2.45. The van der Waals surface area contributed by atoms with Crippen LogP contribution in [0.25, 0.3) is 23.1 Å². The summed E-state index contributed by atoms with van der Waals surface area (Å²) in [6, 6.07) is 15.7. The number of aryl methyl sites for hydroxylation is 1. The summed E-state index contributed by atoms with van der Waals surface area (Å²) in [5.41, 5.74) is 2.87. The summed E-state index contributed by atoms with van der Waals surface area (Å²) in [4.78, 5) is 0. The van der Waals surface area contributed by atoms with Gasteiger partial charge in [-0.3, -0.25) is 0 Å². The largest absolute Gasteiger partial charge is 1.00 e. The molecule has 4 N–H and O–H groups in total. The number of halogens is 1. The number of hydrogen-bond donors (Lipinski definition) is 4. The van der Waals surface area contributed by atoms with E-state index in [-0.39, 0.29) is 29.7 Å². The zero-order chi connectivity index (χ0) is 25.1. The molecule has 36 heavy (non-hydrogen) atoms.